The fourth-order valence-corrected chi connectivity index (χ4v) is 0.747. The van der Waals surface area contributed by atoms with Gasteiger partial charge in [0.25, 0.3) is 0 Å². The third-order valence-corrected chi connectivity index (χ3v) is 1.56. The number of carbonyl (C=O) groups is 1. The molecule has 0 heterocycles. The fraction of sp³-hybridized carbons (Fsp3) is 0.714. The molecule has 0 spiro atoms. The van der Waals surface area contributed by atoms with Crippen LogP contribution in [0.1, 0.15) is 12.8 Å². The Balaban J connectivity index is 3.35. The molecular weight excluding hydrogens is 172 g/mol. The van der Waals surface area contributed by atoms with Crippen molar-refractivity contribution in [3.63, 3.8) is 0 Å². The van der Waals surface area contributed by atoms with Gasteiger partial charge in [0.1, 0.15) is 6.04 Å². The maximum atomic E-state index is 10.3. The molecule has 0 bridgehead atoms. The zero-order valence-corrected chi connectivity index (χ0v) is 7.63. The SMILES string of the molecule is CNC(=N)NCCC[C@@H](N)C(=O)O. The summed E-state index contributed by atoms with van der Waals surface area (Å²) in [5.41, 5.74) is 5.27. The molecule has 0 aliphatic rings. The smallest absolute Gasteiger partial charge is 0.320 e. The molecule has 0 saturated heterocycles. The molecule has 13 heavy (non-hydrogen) atoms. The van der Waals surface area contributed by atoms with Crippen molar-refractivity contribution < 1.29 is 9.90 Å². The van der Waals surface area contributed by atoms with Crippen LogP contribution in [0.15, 0.2) is 0 Å². The van der Waals surface area contributed by atoms with Crippen molar-refractivity contribution in [2.75, 3.05) is 13.6 Å². The minimum atomic E-state index is -0.983. The minimum Gasteiger partial charge on any atom is -0.480 e. The number of hydrogen-bond acceptors (Lipinski definition) is 3. The van der Waals surface area contributed by atoms with Gasteiger partial charge in [0.05, 0.1) is 0 Å². The average Bonchev–Trinajstić information content (AvgIpc) is 2.11. The Kier molecular flexibility index (Phi) is 5.62. The van der Waals surface area contributed by atoms with Gasteiger partial charge in [-0.25, -0.2) is 0 Å². The van der Waals surface area contributed by atoms with E-state index < -0.39 is 12.0 Å². The van der Waals surface area contributed by atoms with Gasteiger partial charge in [-0.3, -0.25) is 10.2 Å². The minimum absolute atomic E-state index is 0.226. The molecule has 0 rings (SSSR count). The zero-order chi connectivity index (χ0) is 10.3. The molecule has 6 nitrogen and oxygen atoms in total. The van der Waals surface area contributed by atoms with Gasteiger partial charge in [-0.2, -0.15) is 0 Å². The van der Waals surface area contributed by atoms with E-state index in [0.29, 0.717) is 19.4 Å². The monoisotopic (exact) mass is 188 g/mol. The first kappa shape index (κ1) is 11.7. The molecule has 0 amide bonds. The summed E-state index contributed by atoms with van der Waals surface area (Å²) in [5, 5.41) is 20.9. The highest BCUT2D eigenvalue weighted by Gasteiger charge is 2.09. The molecule has 0 radical (unpaired) electrons. The standard InChI is InChI=1S/C7H16N4O2/c1-10-7(9)11-4-2-3-5(8)6(12)13/h5H,2-4,8H2,1H3,(H,12,13)(H3,9,10,11)/t5-/m1/s1. The number of aliphatic carboxylic acids is 1. The van der Waals surface area contributed by atoms with Crippen LogP contribution in [-0.2, 0) is 4.79 Å². The third-order valence-electron chi connectivity index (χ3n) is 1.56. The van der Waals surface area contributed by atoms with Crippen LogP contribution in [0.5, 0.6) is 0 Å². The van der Waals surface area contributed by atoms with E-state index in [1.807, 2.05) is 0 Å². The first-order chi connectivity index (χ1) is 6.07. The summed E-state index contributed by atoms with van der Waals surface area (Å²) in [6.07, 6.45) is 1.05. The zero-order valence-electron chi connectivity index (χ0n) is 7.63. The summed E-state index contributed by atoms with van der Waals surface area (Å²) in [6, 6.07) is -0.800. The second-order valence-corrected chi connectivity index (χ2v) is 2.64. The summed E-state index contributed by atoms with van der Waals surface area (Å²) in [4.78, 5) is 10.3. The highest BCUT2D eigenvalue weighted by molar-refractivity contribution is 5.76. The Morgan fingerprint density at radius 2 is 2.31 bits per heavy atom. The van der Waals surface area contributed by atoms with Gasteiger partial charge in [0.15, 0.2) is 5.96 Å². The Morgan fingerprint density at radius 1 is 1.69 bits per heavy atom. The van der Waals surface area contributed by atoms with Crippen molar-refractivity contribution in [2.45, 2.75) is 18.9 Å². The number of carboxylic acid groups (broad SMARTS) is 1. The lowest BCUT2D eigenvalue weighted by Gasteiger charge is -2.08. The van der Waals surface area contributed by atoms with E-state index in [1.54, 1.807) is 7.05 Å². The Bertz CT molecular complexity index is 183. The molecule has 0 aromatic heterocycles. The van der Waals surface area contributed by atoms with Gasteiger partial charge >= 0.3 is 5.97 Å². The first-order valence-corrected chi connectivity index (χ1v) is 4.06. The van der Waals surface area contributed by atoms with Gasteiger partial charge in [-0.05, 0) is 12.8 Å². The van der Waals surface area contributed by atoms with Crippen molar-refractivity contribution >= 4 is 11.9 Å². The summed E-state index contributed by atoms with van der Waals surface area (Å²) in [6.45, 7) is 0.556. The summed E-state index contributed by atoms with van der Waals surface area (Å²) < 4.78 is 0. The number of carboxylic acids is 1. The quantitative estimate of drug-likeness (QED) is 0.214. The number of nitrogens with two attached hydrogens (primary N) is 1. The Labute approximate surface area is 77.0 Å². The van der Waals surface area contributed by atoms with E-state index in [4.69, 9.17) is 16.2 Å². The Morgan fingerprint density at radius 3 is 2.77 bits per heavy atom. The molecule has 0 aromatic rings. The van der Waals surface area contributed by atoms with Crippen molar-refractivity contribution in [1.82, 2.24) is 10.6 Å². The summed E-state index contributed by atoms with van der Waals surface area (Å²) >= 11 is 0. The van der Waals surface area contributed by atoms with Crippen LogP contribution in [0, 0.1) is 5.41 Å². The highest BCUT2D eigenvalue weighted by atomic mass is 16.4. The lowest BCUT2D eigenvalue weighted by Crippen LogP contribution is -2.35. The van der Waals surface area contributed by atoms with Crippen LogP contribution >= 0.6 is 0 Å². The molecule has 0 fully saturated rings. The lowest BCUT2D eigenvalue weighted by atomic mass is 10.2. The van der Waals surface area contributed by atoms with Crippen LogP contribution in [0.25, 0.3) is 0 Å². The van der Waals surface area contributed by atoms with E-state index >= 15 is 0 Å². The van der Waals surface area contributed by atoms with E-state index in [1.165, 1.54) is 0 Å². The van der Waals surface area contributed by atoms with Crippen molar-refractivity contribution in [2.24, 2.45) is 5.73 Å². The second kappa shape index (κ2) is 6.24. The maximum absolute atomic E-state index is 10.3. The van der Waals surface area contributed by atoms with Crippen molar-refractivity contribution in [1.29, 1.82) is 5.41 Å². The molecule has 76 valence electrons. The van der Waals surface area contributed by atoms with Gasteiger partial charge in [-0.15, -0.1) is 0 Å². The van der Waals surface area contributed by atoms with Crippen LogP contribution < -0.4 is 16.4 Å². The number of nitrogens with one attached hydrogen (secondary N) is 3. The first-order valence-electron chi connectivity index (χ1n) is 4.06. The van der Waals surface area contributed by atoms with Gasteiger partial charge in [0.2, 0.25) is 0 Å². The molecule has 0 aliphatic carbocycles. The van der Waals surface area contributed by atoms with Crippen LogP contribution in [0.3, 0.4) is 0 Å². The van der Waals surface area contributed by atoms with Gasteiger partial charge < -0.3 is 21.5 Å². The van der Waals surface area contributed by atoms with Crippen LogP contribution in [-0.4, -0.2) is 36.7 Å². The molecule has 6 heteroatoms. The molecular formula is C7H16N4O2. The maximum Gasteiger partial charge on any atom is 0.320 e. The molecule has 0 unspecified atom stereocenters. The largest absolute Gasteiger partial charge is 0.480 e. The second-order valence-electron chi connectivity index (χ2n) is 2.64. The molecule has 6 N–H and O–H groups in total. The summed E-state index contributed by atoms with van der Waals surface area (Å²) in [7, 11) is 1.64. The summed E-state index contributed by atoms with van der Waals surface area (Å²) in [5.74, 6) is -0.757. The van der Waals surface area contributed by atoms with Gasteiger partial charge in [-0.1, -0.05) is 0 Å². The van der Waals surface area contributed by atoms with E-state index in [9.17, 15) is 4.79 Å². The average molecular weight is 188 g/mol. The Hall–Kier alpha value is -1.30. The van der Waals surface area contributed by atoms with Crippen molar-refractivity contribution in [3.8, 4) is 0 Å². The molecule has 0 saturated carbocycles. The molecule has 1 atom stereocenters. The molecule has 0 aliphatic heterocycles. The number of hydrogen-bond donors (Lipinski definition) is 5. The molecule has 0 aromatic carbocycles. The van der Waals surface area contributed by atoms with E-state index in [2.05, 4.69) is 10.6 Å². The van der Waals surface area contributed by atoms with E-state index in [0.717, 1.165) is 0 Å². The fourth-order valence-electron chi connectivity index (χ4n) is 0.747. The predicted octanol–water partition coefficient (Wildman–Crippen LogP) is -1.08. The predicted molar refractivity (Wildman–Crippen MR) is 49.6 cm³/mol. The topological polar surface area (TPSA) is 111 Å². The van der Waals surface area contributed by atoms with Crippen LogP contribution in [0.4, 0.5) is 0 Å². The van der Waals surface area contributed by atoms with Crippen LogP contribution in [0.2, 0.25) is 0 Å². The third kappa shape index (κ3) is 5.92. The highest BCUT2D eigenvalue weighted by Crippen LogP contribution is 1.92. The number of guanidine groups is 1. The number of rotatable bonds is 5. The van der Waals surface area contributed by atoms with E-state index in [-0.39, 0.29) is 5.96 Å². The van der Waals surface area contributed by atoms with Gasteiger partial charge in [0, 0.05) is 13.6 Å². The lowest BCUT2D eigenvalue weighted by molar-refractivity contribution is -0.138. The van der Waals surface area contributed by atoms with Crippen molar-refractivity contribution in [3.05, 3.63) is 0 Å². The normalized spacial score (nSPS) is 11.8.